The molecule has 0 aliphatic carbocycles. The largest absolute Gasteiger partial charge is 0.323 e. The number of carbonyl (C=O) groups is 1. The molecule has 0 saturated carbocycles. The minimum atomic E-state index is -0.165. The average molecular weight is 369 g/mol. The van der Waals surface area contributed by atoms with Crippen LogP contribution in [-0.4, -0.2) is 20.4 Å². The molecule has 0 aliphatic rings. The summed E-state index contributed by atoms with van der Waals surface area (Å²) in [5.41, 5.74) is 4.10. The number of halogens is 1. The summed E-state index contributed by atoms with van der Waals surface area (Å²) in [6.07, 6.45) is 1.76. The van der Waals surface area contributed by atoms with E-state index < -0.39 is 0 Å². The molecule has 0 radical (unpaired) electrons. The first kappa shape index (κ1) is 15.8. The first-order chi connectivity index (χ1) is 12.2. The summed E-state index contributed by atoms with van der Waals surface area (Å²) in [7, 11) is 0. The van der Waals surface area contributed by atoms with Crippen molar-refractivity contribution >= 4 is 45.6 Å². The van der Waals surface area contributed by atoms with Gasteiger partial charge in [-0.05, 0) is 24.3 Å². The van der Waals surface area contributed by atoms with E-state index in [1.807, 2.05) is 41.0 Å². The minimum Gasteiger partial charge on any atom is -0.323 e. The Kier molecular flexibility index (Phi) is 4.21. The average Bonchev–Trinajstić information content (AvgIpc) is 3.25. The molecule has 4 aromatic rings. The van der Waals surface area contributed by atoms with Gasteiger partial charge in [0.05, 0.1) is 32.1 Å². The Morgan fingerprint density at radius 3 is 2.76 bits per heavy atom. The predicted octanol–water partition coefficient (Wildman–Crippen LogP) is 4.45. The van der Waals surface area contributed by atoms with Crippen LogP contribution in [0.4, 0.5) is 5.69 Å². The second-order valence-corrected chi connectivity index (χ2v) is 6.70. The van der Waals surface area contributed by atoms with Gasteiger partial charge in [0, 0.05) is 6.20 Å². The first-order valence-electron chi connectivity index (χ1n) is 7.61. The van der Waals surface area contributed by atoms with Crippen LogP contribution < -0.4 is 5.32 Å². The van der Waals surface area contributed by atoms with Crippen molar-refractivity contribution in [1.29, 1.82) is 0 Å². The number of amides is 1. The van der Waals surface area contributed by atoms with Crippen molar-refractivity contribution in [3.63, 3.8) is 0 Å². The van der Waals surface area contributed by atoms with Crippen molar-refractivity contribution in [2.24, 2.45) is 0 Å². The molecule has 7 heteroatoms. The minimum absolute atomic E-state index is 0.138. The highest BCUT2D eigenvalue weighted by atomic mass is 35.5. The van der Waals surface area contributed by atoms with Gasteiger partial charge in [-0.15, -0.1) is 11.3 Å². The molecule has 0 bridgehead atoms. The summed E-state index contributed by atoms with van der Waals surface area (Å²) in [5.74, 6) is 0.569. The van der Waals surface area contributed by atoms with Crippen LogP contribution in [-0.2, 0) is 11.3 Å². The van der Waals surface area contributed by atoms with Gasteiger partial charge in [0.25, 0.3) is 0 Å². The van der Waals surface area contributed by atoms with E-state index >= 15 is 0 Å². The van der Waals surface area contributed by atoms with E-state index in [1.54, 1.807) is 23.8 Å². The van der Waals surface area contributed by atoms with Crippen LogP contribution in [0, 0.1) is 0 Å². The standard InChI is InChI=1S/C18H13ClN4OS/c19-12-5-1-2-6-13(12)21-17(24)10-23-15-8-4-3-7-14(15)22-18(23)16-9-20-11-25-16/h1-9,11H,10H2,(H,21,24). The van der Waals surface area contributed by atoms with Crippen molar-refractivity contribution < 1.29 is 4.79 Å². The second-order valence-electron chi connectivity index (χ2n) is 5.40. The predicted molar refractivity (Wildman–Crippen MR) is 101 cm³/mol. The van der Waals surface area contributed by atoms with Crippen molar-refractivity contribution in [3.8, 4) is 10.7 Å². The second kappa shape index (κ2) is 6.66. The fourth-order valence-electron chi connectivity index (χ4n) is 2.65. The molecule has 0 fully saturated rings. The number of para-hydroxylation sites is 3. The lowest BCUT2D eigenvalue weighted by Gasteiger charge is -2.10. The van der Waals surface area contributed by atoms with Gasteiger partial charge in [0.1, 0.15) is 6.54 Å². The fourth-order valence-corrected chi connectivity index (χ4v) is 3.45. The highest BCUT2D eigenvalue weighted by Gasteiger charge is 2.16. The van der Waals surface area contributed by atoms with E-state index in [9.17, 15) is 4.79 Å². The molecular formula is C18H13ClN4OS. The van der Waals surface area contributed by atoms with Crippen molar-refractivity contribution in [2.75, 3.05) is 5.32 Å². The van der Waals surface area contributed by atoms with E-state index in [4.69, 9.17) is 11.6 Å². The topological polar surface area (TPSA) is 59.8 Å². The molecule has 0 spiro atoms. The lowest BCUT2D eigenvalue weighted by Crippen LogP contribution is -2.19. The molecular weight excluding hydrogens is 356 g/mol. The molecule has 0 atom stereocenters. The number of thiazole rings is 1. The number of hydrogen-bond acceptors (Lipinski definition) is 4. The molecule has 5 nitrogen and oxygen atoms in total. The number of hydrogen-bond donors (Lipinski definition) is 1. The van der Waals surface area contributed by atoms with Gasteiger partial charge < -0.3 is 9.88 Å². The number of benzene rings is 2. The van der Waals surface area contributed by atoms with Crippen LogP contribution in [0.1, 0.15) is 0 Å². The van der Waals surface area contributed by atoms with Crippen molar-refractivity contribution in [1.82, 2.24) is 14.5 Å². The lowest BCUT2D eigenvalue weighted by atomic mass is 10.3. The fraction of sp³-hybridized carbons (Fsp3) is 0.0556. The molecule has 25 heavy (non-hydrogen) atoms. The number of fused-ring (bicyclic) bond motifs is 1. The smallest absolute Gasteiger partial charge is 0.244 e. The molecule has 4 rings (SSSR count). The summed E-state index contributed by atoms with van der Waals surface area (Å²) < 4.78 is 1.90. The van der Waals surface area contributed by atoms with Crippen LogP contribution >= 0.6 is 22.9 Å². The number of nitrogens with one attached hydrogen (secondary N) is 1. The van der Waals surface area contributed by atoms with Gasteiger partial charge in [-0.3, -0.25) is 9.78 Å². The molecule has 2 aromatic heterocycles. The maximum atomic E-state index is 12.6. The number of carbonyl (C=O) groups excluding carboxylic acids is 1. The molecule has 1 amide bonds. The van der Waals surface area contributed by atoms with Gasteiger partial charge in [0.15, 0.2) is 5.82 Å². The van der Waals surface area contributed by atoms with Crippen molar-refractivity contribution in [2.45, 2.75) is 6.54 Å². The third kappa shape index (κ3) is 3.14. The molecule has 124 valence electrons. The summed E-state index contributed by atoms with van der Waals surface area (Å²) in [6.45, 7) is 0.138. The SMILES string of the molecule is O=C(Cn1c(-c2cncs2)nc2ccccc21)Nc1ccccc1Cl. The molecule has 2 heterocycles. The van der Waals surface area contributed by atoms with Crippen molar-refractivity contribution in [3.05, 3.63) is 65.3 Å². The van der Waals surface area contributed by atoms with Crippen LogP contribution in [0.3, 0.4) is 0 Å². The summed E-state index contributed by atoms with van der Waals surface area (Å²) in [5, 5.41) is 3.36. The third-order valence-electron chi connectivity index (χ3n) is 3.76. The zero-order chi connectivity index (χ0) is 17.2. The zero-order valence-corrected chi connectivity index (χ0v) is 14.6. The first-order valence-corrected chi connectivity index (χ1v) is 8.86. The highest BCUT2D eigenvalue weighted by Crippen LogP contribution is 2.27. The van der Waals surface area contributed by atoms with Gasteiger partial charge in [0.2, 0.25) is 5.91 Å². The number of rotatable bonds is 4. The Morgan fingerprint density at radius 1 is 1.16 bits per heavy atom. The summed E-state index contributed by atoms with van der Waals surface area (Å²) >= 11 is 7.61. The van der Waals surface area contributed by atoms with Gasteiger partial charge in [-0.2, -0.15) is 0 Å². The molecule has 0 saturated heterocycles. The van der Waals surface area contributed by atoms with E-state index in [0.717, 1.165) is 21.7 Å². The number of imidazole rings is 1. The van der Waals surface area contributed by atoms with Gasteiger partial charge >= 0.3 is 0 Å². The molecule has 1 N–H and O–H groups in total. The Morgan fingerprint density at radius 2 is 1.96 bits per heavy atom. The quantitative estimate of drug-likeness (QED) is 0.578. The van der Waals surface area contributed by atoms with Crippen LogP contribution in [0.2, 0.25) is 5.02 Å². The van der Waals surface area contributed by atoms with Gasteiger partial charge in [-0.1, -0.05) is 35.9 Å². The maximum absolute atomic E-state index is 12.6. The normalized spacial score (nSPS) is 10.9. The molecule has 0 unspecified atom stereocenters. The Bertz CT molecular complexity index is 1040. The Hall–Kier alpha value is -2.70. The molecule has 0 aliphatic heterocycles. The highest BCUT2D eigenvalue weighted by molar-refractivity contribution is 7.13. The molecule has 2 aromatic carbocycles. The zero-order valence-electron chi connectivity index (χ0n) is 13.0. The van der Waals surface area contributed by atoms with E-state index in [1.165, 1.54) is 11.3 Å². The number of nitrogens with zero attached hydrogens (tertiary/aromatic N) is 3. The maximum Gasteiger partial charge on any atom is 0.244 e. The van der Waals surface area contributed by atoms with Crippen LogP contribution in [0.25, 0.3) is 21.7 Å². The van der Waals surface area contributed by atoms with E-state index in [-0.39, 0.29) is 12.5 Å². The number of anilines is 1. The van der Waals surface area contributed by atoms with Crippen LogP contribution in [0.5, 0.6) is 0 Å². The van der Waals surface area contributed by atoms with Crippen LogP contribution in [0.15, 0.2) is 60.2 Å². The van der Waals surface area contributed by atoms with E-state index in [2.05, 4.69) is 15.3 Å². The number of aromatic nitrogens is 3. The lowest BCUT2D eigenvalue weighted by molar-refractivity contribution is -0.116. The van der Waals surface area contributed by atoms with Gasteiger partial charge in [-0.25, -0.2) is 4.98 Å². The monoisotopic (exact) mass is 368 g/mol. The summed E-state index contributed by atoms with van der Waals surface area (Å²) in [6, 6.07) is 14.9. The summed E-state index contributed by atoms with van der Waals surface area (Å²) in [4.78, 5) is 22.3. The Balaban J connectivity index is 1.70. The third-order valence-corrected chi connectivity index (χ3v) is 4.86. The Labute approximate surface area is 152 Å². The van der Waals surface area contributed by atoms with E-state index in [0.29, 0.717) is 10.7 Å².